The minimum Gasteiger partial charge on any atom is -0.493 e. The summed E-state index contributed by atoms with van der Waals surface area (Å²) in [5.74, 6) is 0.498. The lowest BCUT2D eigenvalue weighted by molar-refractivity contribution is 0.0935. The molecule has 1 atom stereocenters. The van der Waals surface area contributed by atoms with Crippen molar-refractivity contribution in [2.24, 2.45) is 0 Å². The third kappa shape index (κ3) is 3.09. The number of hydrogen-bond acceptors (Lipinski definition) is 5. The van der Waals surface area contributed by atoms with E-state index in [4.69, 9.17) is 14.5 Å². The molecular weight excluding hydrogens is 454 g/mol. The number of carbonyl (C=O) groups is 1. The van der Waals surface area contributed by atoms with E-state index in [1.807, 2.05) is 61.5 Å². The third-order valence-corrected chi connectivity index (χ3v) is 6.75. The number of amides is 1. The number of hydrogen-bond donors (Lipinski definition) is 1. The van der Waals surface area contributed by atoms with Crippen LogP contribution in [-0.4, -0.2) is 29.5 Å². The van der Waals surface area contributed by atoms with Gasteiger partial charge in [0.05, 0.1) is 42.2 Å². The second kappa shape index (κ2) is 8.23. The van der Waals surface area contributed by atoms with E-state index in [0.29, 0.717) is 33.3 Å². The standard InChI is InChI=1S/C29H23N3O4/c1-16(17-9-5-4-6-10-17)30-28(33)21-15-20-18-11-7-8-12-22(18)32-26(20)25(31-21)19-13-14-23(35-2)27(36-3)24(19)29(32)34/h4-16H,1-3H3,(H,30,33)/t16-/m1/s1. The maximum absolute atomic E-state index is 13.9. The minimum atomic E-state index is -0.291. The Labute approximate surface area is 206 Å². The Morgan fingerprint density at radius 2 is 1.67 bits per heavy atom. The third-order valence-electron chi connectivity index (χ3n) is 6.75. The topological polar surface area (TPSA) is 81.9 Å². The van der Waals surface area contributed by atoms with Crippen LogP contribution in [0.5, 0.6) is 11.5 Å². The predicted molar refractivity (Wildman–Crippen MR) is 141 cm³/mol. The molecule has 1 amide bonds. The van der Waals surface area contributed by atoms with E-state index in [9.17, 15) is 9.59 Å². The second-order valence-electron chi connectivity index (χ2n) is 8.74. The molecule has 3 aromatic heterocycles. The summed E-state index contributed by atoms with van der Waals surface area (Å²) in [5, 5.41) is 5.67. The maximum atomic E-state index is 13.9. The van der Waals surface area contributed by atoms with Crippen LogP contribution in [0.3, 0.4) is 0 Å². The zero-order chi connectivity index (χ0) is 25.0. The van der Waals surface area contributed by atoms with Gasteiger partial charge in [0, 0.05) is 16.2 Å². The number of carbonyl (C=O) groups excluding carboxylic acids is 1. The molecule has 6 aromatic rings. The molecule has 0 fully saturated rings. The zero-order valence-corrected chi connectivity index (χ0v) is 20.0. The molecule has 0 bridgehead atoms. The summed E-state index contributed by atoms with van der Waals surface area (Å²) in [5.41, 5.74) is 3.02. The Bertz CT molecular complexity index is 1840. The first-order valence-corrected chi connectivity index (χ1v) is 11.6. The Balaban J connectivity index is 1.67. The van der Waals surface area contributed by atoms with Gasteiger partial charge in [-0.1, -0.05) is 48.5 Å². The quantitative estimate of drug-likeness (QED) is 0.350. The number of benzene rings is 3. The van der Waals surface area contributed by atoms with Crippen molar-refractivity contribution in [3.63, 3.8) is 0 Å². The van der Waals surface area contributed by atoms with Crippen LogP contribution in [0.1, 0.15) is 29.0 Å². The smallest absolute Gasteiger partial charge is 0.270 e. The molecule has 1 N–H and O–H groups in total. The molecule has 0 saturated carbocycles. The summed E-state index contributed by atoms with van der Waals surface area (Å²) in [6.07, 6.45) is 0. The minimum absolute atomic E-state index is 0.202. The van der Waals surface area contributed by atoms with Gasteiger partial charge in [-0.05, 0) is 36.8 Å². The van der Waals surface area contributed by atoms with Crippen molar-refractivity contribution in [2.75, 3.05) is 14.2 Å². The monoisotopic (exact) mass is 477 g/mol. The Kier molecular flexibility index (Phi) is 5.00. The fraction of sp³-hybridized carbons (Fsp3) is 0.138. The molecule has 7 nitrogen and oxygen atoms in total. The van der Waals surface area contributed by atoms with Crippen LogP contribution in [-0.2, 0) is 0 Å². The summed E-state index contributed by atoms with van der Waals surface area (Å²) in [6, 6.07) is 22.5. The SMILES string of the molecule is COc1ccc2c(c1OC)c(=O)n1c3ccccc3c3cc(C(=O)N[C@H](C)c4ccccc4)nc2c31. The van der Waals surface area contributed by atoms with Crippen LogP contribution >= 0.6 is 0 Å². The number of nitrogens with one attached hydrogen (secondary N) is 1. The van der Waals surface area contributed by atoms with Crippen molar-refractivity contribution in [1.29, 1.82) is 0 Å². The number of ether oxygens (including phenoxy) is 2. The number of para-hydroxylation sites is 1. The second-order valence-corrected chi connectivity index (χ2v) is 8.74. The molecular formula is C29H23N3O4. The normalized spacial score (nSPS) is 12.4. The van der Waals surface area contributed by atoms with E-state index >= 15 is 0 Å². The molecule has 0 aliphatic heterocycles. The van der Waals surface area contributed by atoms with Gasteiger partial charge in [-0.2, -0.15) is 0 Å². The molecule has 0 aliphatic rings. The fourth-order valence-electron chi connectivity index (χ4n) is 5.05. The number of fused-ring (bicyclic) bond motifs is 5. The average molecular weight is 478 g/mol. The number of methoxy groups -OCH3 is 2. The predicted octanol–water partition coefficient (Wildman–Crippen LogP) is 5.10. The van der Waals surface area contributed by atoms with Crippen LogP contribution in [0.4, 0.5) is 0 Å². The first-order valence-electron chi connectivity index (χ1n) is 11.6. The molecule has 0 radical (unpaired) electrons. The Hall–Kier alpha value is -4.65. The van der Waals surface area contributed by atoms with Gasteiger partial charge in [-0.15, -0.1) is 0 Å². The molecule has 6 rings (SSSR count). The van der Waals surface area contributed by atoms with Crippen LogP contribution in [0.15, 0.2) is 77.6 Å². The van der Waals surface area contributed by atoms with Gasteiger partial charge < -0.3 is 14.8 Å². The van der Waals surface area contributed by atoms with Crippen molar-refractivity contribution in [3.8, 4) is 11.5 Å². The van der Waals surface area contributed by atoms with Gasteiger partial charge in [-0.25, -0.2) is 4.98 Å². The first-order chi connectivity index (χ1) is 17.5. The summed E-state index contributed by atoms with van der Waals surface area (Å²) < 4.78 is 12.7. The van der Waals surface area contributed by atoms with Crippen LogP contribution in [0.25, 0.3) is 38.1 Å². The molecule has 3 aromatic carbocycles. The van der Waals surface area contributed by atoms with E-state index in [1.165, 1.54) is 14.2 Å². The zero-order valence-electron chi connectivity index (χ0n) is 20.0. The average Bonchev–Trinajstić information content (AvgIpc) is 3.26. The summed E-state index contributed by atoms with van der Waals surface area (Å²) in [6.45, 7) is 1.94. The maximum Gasteiger partial charge on any atom is 0.270 e. The highest BCUT2D eigenvalue weighted by Gasteiger charge is 2.24. The van der Waals surface area contributed by atoms with Crippen LogP contribution in [0, 0.1) is 0 Å². The lowest BCUT2D eigenvalue weighted by Crippen LogP contribution is -2.27. The van der Waals surface area contributed by atoms with E-state index in [0.717, 1.165) is 21.9 Å². The van der Waals surface area contributed by atoms with Crippen molar-refractivity contribution < 1.29 is 14.3 Å². The molecule has 3 heterocycles. The molecule has 7 heteroatoms. The van der Waals surface area contributed by atoms with E-state index < -0.39 is 0 Å². The van der Waals surface area contributed by atoms with Crippen LogP contribution in [0.2, 0.25) is 0 Å². The highest BCUT2D eigenvalue weighted by molar-refractivity contribution is 6.21. The number of rotatable bonds is 5. The number of aromatic nitrogens is 2. The number of pyridine rings is 2. The van der Waals surface area contributed by atoms with Gasteiger partial charge in [-0.3, -0.25) is 14.0 Å². The fourth-order valence-corrected chi connectivity index (χ4v) is 5.05. The van der Waals surface area contributed by atoms with E-state index in [1.54, 1.807) is 22.6 Å². The van der Waals surface area contributed by atoms with Gasteiger partial charge in [0.1, 0.15) is 5.69 Å². The number of nitrogens with zero attached hydrogens (tertiary/aromatic N) is 2. The molecule has 0 spiro atoms. The van der Waals surface area contributed by atoms with E-state index in [2.05, 4.69) is 5.32 Å². The highest BCUT2D eigenvalue weighted by Crippen LogP contribution is 2.39. The molecule has 0 saturated heterocycles. The van der Waals surface area contributed by atoms with Gasteiger partial charge in [0.15, 0.2) is 11.5 Å². The molecule has 0 unspecified atom stereocenters. The summed E-state index contributed by atoms with van der Waals surface area (Å²) in [7, 11) is 3.04. The largest absolute Gasteiger partial charge is 0.493 e. The van der Waals surface area contributed by atoms with Crippen molar-refractivity contribution in [2.45, 2.75) is 13.0 Å². The Morgan fingerprint density at radius 1 is 0.917 bits per heavy atom. The molecule has 178 valence electrons. The van der Waals surface area contributed by atoms with E-state index in [-0.39, 0.29) is 23.2 Å². The van der Waals surface area contributed by atoms with Gasteiger partial charge in [0.25, 0.3) is 11.5 Å². The Morgan fingerprint density at radius 3 is 2.42 bits per heavy atom. The summed E-state index contributed by atoms with van der Waals surface area (Å²) in [4.78, 5) is 32.1. The lowest BCUT2D eigenvalue weighted by Gasteiger charge is -2.15. The highest BCUT2D eigenvalue weighted by atomic mass is 16.5. The lowest BCUT2D eigenvalue weighted by atomic mass is 10.1. The van der Waals surface area contributed by atoms with Crippen molar-refractivity contribution in [1.82, 2.24) is 14.7 Å². The summed E-state index contributed by atoms with van der Waals surface area (Å²) >= 11 is 0. The molecule has 36 heavy (non-hydrogen) atoms. The van der Waals surface area contributed by atoms with Crippen LogP contribution < -0.4 is 20.3 Å². The first kappa shape index (κ1) is 21.9. The molecule has 0 aliphatic carbocycles. The van der Waals surface area contributed by atoms with Gasteiger partial charge >= 0.3 is 0 Å². The van der Waals surface area contributed by atoms with Gasteiger partial charge in [0.2, 0.25) is 0 Å². The van der Waals surface area contributed by atoms with Crippen molar-refractivity contribution >= 4 is 44.0 Å². The van der Waals surface area contributed by atoms with Crippen molar-refractivity contribution in [3.05, 3.63) is 94.4 Å².